The molecule has 0 aromatic heterocycles. The van der Waals surface area contributed by atoms with Gasteiger partial charge in [0.15, 0.2) is 0 Å². The molecule has 1 aliphatic carbocycles. The SMILES string of the molecule is CC1CC(NC(=O)c2cccc([N+](=O)[O-])c2N)C1. The second-order valence-corrected chi connectivity index (χ2v) is 4.74. The van der Waals surface area contributed by atoms with Gasteiger partial charge in [0, 0.05) is 12.1 Å². The zero-order chi connectivity index (χ0) is 13.3. The van der Waals surface area contributed by atoms with Crippen molar-refractivity contribution in [3.63, 3.8) is 0 Å². The van der Waals surface area contributed by atoms with Crippen LogP contribution >= 0.6 is 0 Å². The van der Waals surface area contributed by atoms with Gasteiger partial charge < -0.3 is 11.1 Å². The first-order chi connectivity index (χ1) is 8.49. The second-order valence-electron chi connectivity index (χ2n) is 4.74. The van der Waals surface area contributed by atoms with Crippen LogP contribution < -0.4 is 11.1 Å². The summed E-state index contributed by atoms with van der Waals surface area (Å²) >= 11 is 0. The van der Waals surface area contributed by atoms with Gasteiger partial charge in [-0.1, -0.05) is 13.0 Å². The van der Waals surface area contributed by atoms with Crippen molar-refractivity contribution >= 4 is 17.3 Å². The molecule has 0 heterocycles. The van der Waals surface area contributed by atoms with Crippen LogP contribution in [0.5, 0.6) is 0 Å². The van der Waals surface area contributed by atoms with E-state index < -0.39 is 4.92 Å². The highest BCUT2D eigenvalue weighted by atomic mass is 16.6. The number of nitrogens with zero attached hydrogens (tertiary/aromatic N) is 1. The van der Waals surface area contributed by atoms with E-state index in [-0.39, 0.29) is 28.9 Å². The van der Waals surface area contributed by atoms with Gasteiger partial charge >= 0.3 is 0 Å². The minimum atomic E-state index is -0.586. The maximum Gasteiger partial charge on any atom is 0.292 e. The summed E-state index contributed by atoms with van der Waals surface area (Å²) in [5.74, 6) is 0.283. The molecule has 1 saturated carbocycles. The molecular weight excluding hydrogens is 234 g/mol. The predicted octanol–water partition coefficient (Wildman–Crippen LogP) is 1.71. The minimum Gasteiger partial charge on any atom is -0.393 e. The van der Waals surface area contributed by atoms with Gasteiger partial charge in [0.05, 0.1) is 10.5 Å². The summed E-state index contributed by atoms with van der Waals surface area (Å²) in [6, 6.07) is 4.41. The largest absolute Gasteiger partial charge is 0.393 e. The topological polar surface area (TPSA) is 98.3 Å². The van der Waals surface area contributed by atoms with Gasteiger partial charge in [-0.2, -0.15) is 0 Å². The molecule has 1 aliphatic rings. The first kappa shape index (κ1) is 12.3. The van der Waals surface area contributed by atoms with E-state index in [0.717, 1.165) is 12.8 Å². The molecule has 1 aromatic carbocycles. The van der Waals surface area contributed by atoms with Crippen molar-refractivity contribution in [1.29, 1.82) is 0 Å². The van der Waals surface area contributed by atoms with Crippen molar-refractivity contribution < 1.29 is 9.72 Å². The highest BCUT2D eigenvalue weighted by Crippen LogP contribution is 2.28. The Morgan fingerprint density at radius 2 is 2.17 bits per heavy atom. The number of hydrogen-bond donors (Lipinski definition) is 2. The smallest absolute Gasteiger partial charge is 0.292 e. The quantitative estimate of drug-likeness (QED) is 0.484. The van der Waals surface area contributed by atoms with Crippen molar-refractivity contribution in [1.82, 2.24) is 5.32 Å². The fourth-order valence-corrected chi connectivity index (χ4v) is 2.19. The van der Waals surface area contributed by atoms with Crippen LogP contribution in [0.15, 0.2) is 18.2 Å². The highest BCUT2D eigenvalue weighted by Gasteiger charge is 2.28. The fraction of sp³-hybridized carbons (Fsp3) is 0.417. The molecule has 0 saturated heterocycles. The number of nitrogen functional groups attached to an aromatic ring is 1. The van der Waals surface area contributed by atoms with Crippen LogP contribution in [0.25, 0.3) is 0 Å². The van der Waals surface area contributed by atoms with Crippen LogP contribution in [0.4, 0.5) is 11.4 Å². The lowest BCUT2D eigenvalue weighted by Crippen LogP contribution is -2.43. The lowest BCUT2D eigenvalue weighted by Gasteiger charge is -2.33. The van der Waals surface area contributed by atoms with E-state index in [2.05, 4.69) is 12.2 Å². The number of nitro benzene ring substituents is 1. The molecule has 6 heteroatoms. The molecule has 0 spiro atoms. The number of amides is 1. The molecule has 0 radical (unpaired) electrons. The number of rotatable bonds is 3. The summed E-state index contributed by atoms with van der Waals surface area (Å²) in [7, 11) is 0. The van der Waals surface area contributed by atoms with Gasteiger partial charge in [0.1, 0.15) is 5.69 Å². The number of para-hydroxylation sites is 1. The predicted molar refractivity (Wildman–Crippen MR) is 67.2 cm³/mol. The molecule has 1 amide bonds. The van der Waals surface area contributed by atoms with Crippen LogP contribution in [0, 0.1) is 16.0 Å². The summed E-state index contributed by atoms with van der Waals surface area (Å²) in [6.07, 6.45) is 1.89. The number of carbonyl (C=O) groups is 1. The van der Waals surface area contributed by atoms with Crippen LogP contribution in [-0.4, -0.2) is 16.9 Å². The monoisotopic (exact) mass is 249 g/mol. The molecule has 6 nitrogen and oxygen atoms in total. The molecule has 2 rings (SSSR count). The molecule has 18 heavy (non-hydrogen) atoms. The first-order valence-electron chi connectivity index (χ1n) is 5.82. The number of nitrogens with two attached hydrogens (primary N) is 1. The van der Waals surface area contributed by atoms with Crippen LogP contribution in [0.1, 0.15) is 30.1 Å². The normalized spacial score (nSPS) is 22.1. The van der Waals surface area contributed by atoms with E-state index in [0.29, 0.717) is 5.92 Å². The van der Waals surface area contributed by atoms with Crippen molar-refractivity contribution in [2.45, 2.75) is 25.8 Å². The maximum absolute atomic E-state index is 11.9. The third kappa shape index (κ3) is 2.27. The van der Waals surface area contributed by atoms with Gasteiger partial charge in [0.2, 0.25) is 0 Å². The average Bonchev–Trinajstić information content (AvgIpc) is 2.26. The van der Waals surface area contributed by atoms with Crippen molar-refractivity contribution in [2.75, 3.05) is 5.73 Å². The van der Waals surface area contributed by atoms with Gasteiger partial charge in [0.25, 0.3) is 11.6 Å². The Balaban J connectivity index is 2.15. The zero-order valence-corrected chi connectivity index (χ0v) is 10.1. The standard InChI is InChI=1S/C12H15N3O3/c1-7-5-8(6-7)14-12(16)9-3-2-4-10(11(9)13)15(17)18/h2-4,7-8H,5-6,13H2,1H3,(H,14,16). The number of anilines is 1. The summed E-state index contributed by atoms with van der Waals surface area (Å²) in [5, 5.41) is 13.6. The Morgan fingerprint density at radius 3 is 2.72 bits per heavy atom. The highest BCUT2D eigenvalue weighted by molar-refractivity contribution is 6.01. The molecule has 1 aromatic rings. The molecule has 96 valence electrons. The van der Waals surface area contributed by atoms with Crippen molar-refractivity contribution in [3.05, 3.63) is 33.9 Å². The summed E-state index contributed by atoms with van der Waals surface area (Å²) < 4.78 is 0. The number of carbonyl (C=O) groups excluding carboxylic acids is 1. The van der Waals surface area contributed by atoms with Gasteiger partial charge in [-0.25, -0.2) is 0 Å². The Kier molecular flexibility index (Phi) is 3.18. The Bertz CT molecular complexity index is 495. The van der Waals surface area contributed by atoms with Crippen molar-refractivity contribution in [2.24, 2.45) is 5.92 Å². The van der Waals surface area contributed by atoms with Gasteiger partial charge in [-0.05, 0) is 24.8 Å². The number of nitrogens with one attached hydrogen (secondary N) is 1. The van der Waals surface area contributed by atoms with Crippen LogP contribution in [-0.2, 0) is 0 Å². The first-order valence-corrected chi connectivity index (χ1v) is 5.82. The zero-order valence-electron chi connectivity index (χ0n) is 10.1. The maximum atomic E-state index is 11.9. The Hall–Kier alpha value is -2.11. The number of nitro groups is 1. The van der Waals surface area contributed by atoms with E-state index in [9.17, 15) is 14.9 Å². The third-order valence-electron chi connectivity index (χ3n) is 3.23. The van der Waals surface area contributed by atoms with E-state index in [1.54, 1.807) is 0 Å². The molecule has 1 fully saturated rings. The molecular formula is C12H15N3O3. The van der Waals surface area contributed by atoms with Crippen LogP contribution in [0.2, 0.25) is 0 Å². The lowest BCUT2D eigenvalue weighted by molar-refractivity contribution is -0.383. The minimum absolute atomic E-state index is 0.0765. The fourth-order valence-electron chi connectivity index (χ4n) is 2.19. The van der Waals surface area contributed by atoms with Gasteiger partial charge in [-0.15, -0.1) is 0 Å². The van der Waals surface area contributed by atoms with E-state index in [1.165, 1.54) is 18.2 Å². The third-order valence-corrected chi connectivity index (χ3v) is 3.23. The van der Waals surface area contributed by atoms with Crippen molar-refractivity contribution in [3.8, 4) is 0 Å². The molecule has 0 bridgehead atoms. The van der Waals surface area contributed by atoms with Crippen LogP contribution in [0.3, 0.4) is 0 Å². The summed E-state index contributed by atoms with van der Waals surface area (Å²) in [5.41, 5.74) is 5.51. The van der Waals surface area contributed by atoms with E-state index >= 15 is 0 Å². The Morgan fingerprint density at radius 1 is 1.50 bits per heavy atom. The second kappa shape index (κ2) is 4.64. The number of hydrogen-bond acceptors (Lipinski definition) is 4. The molecule has 0 aliphatic heterocycles. The molecule has 3 N–H and O–H groups in total. The Labute approximate surface area is 104 Å². The summed E-state index contributed by atoms with van der Waals surface area (Å²) in [4.78, 5) is 22.1. The lowest BCUT2D eigenvalue weighted by atomic mass is 9.82. The van der Waals surface area contributed by atoms with Gasteiger partial charge in [-0.3, -0.25) is 14.9 Å². The van der Waals surface area contributed by atoms with E-state index in [1.807, 2.05) is 0 Å². The van der Waals surface area contributed by atoms with E-state index in [4.69, 9.17) is 5.73 Å². The molecule has 0 atom stereocenters. The average molecular weight is 249 g/mol. The number of benzene rings is 1. The summed E-state index contributed by atoms with van der Waals surface area (Å²) in [6.45, 7) is 2.12. The molecule has 0 unspecified atom stereocenters.